The van der Waals surface area contributed by atoms with Crippen molar-refractivity contribution in [1.29, 1.82) is 0 Å². The van der Waals surface area contributed by atoms with Crippen LogP contribution >= 0.6 is 8.58 Å². The molecule has 0 bridgehead atoms. The number of phenols is 1. The lowest BCUT2D eigenvalue weighted by Gasteiger charge is -2.15. The van der Waals surface area contributed by atoms with Crippen LogP contribution in [0.4, 0.5) is 0 Å². The van der Waals surface area contributed by atoms with Crippen LogP contribution in [0.25, 0.3) is 22.3 Å². The zero-order valence-corrected chi connectivity index (χ0v) is 16.2. The van der Waals surface area contributed by atoms with Crippen molar-refractivity contribution in [3.63, 3.8) is 0 Å². The average Bonchev–Trinajstić information content (AvgIpc) is 2.70. The van der Waals surface area contributed by atoms with Crippen molar-refractivity contribution in [2.75, 3.05) is 0 Å². The number of hydrogen-bond donors (Lipinski definition) is 1. The van der Waals surface area contributed by atoms with Crippen LogP contribution in [0.3, 0.4) is 0 Å². The van der Waals surface area contributed by atoms with E-state index in [4.69, 9.17) is 0 Å². The predicted octanol–water partition coefficient (Wildman–Crippen LogP) is 5.66. The highest BCUT2D eigenvalue weighted by Crippen LogP contribution is 2.32. The molecule has 0 heterocycles. The Morgan fingerprint density at radius 2 is 0.963 bits per heavy atom. The van der Waals surface area contributed by atoms with Gasteiger partial charge in [-0.1, -0.05) is 99.6 Å². The Balaban J connectivity index is 1.80. The van der Waals surface area contributed by atoms with Gasteiger partial charge in [-0.2, -0.15) is 0 Å². The van der Waals surface area contributed by atoms with Crippen LogP contribution in [0.1, 0.15) is 5.56 Å². The van der Waals surface area contributed by atoms with Gasteiger partial charge < -0.3 is 5.11 Å². The van der Waals surface area contributed by atoms with Crippen molar-refractivity contribution in [2.45, 2.75) is 6.92 Å². The zero-order valence-electron chi connectivity index (χ0n) is 15.2. The normalized spacial score (nSPS) is 11.1. The topological polar surface area (TPSA) is 20.2 Å². The van der Waals surface area contributed by atoms with E-state index in [0.717, 1.165) is 11.1 Å². The van der Waals surface area contributed by atoms with E-state index in [0.29, 0.717) is 14.3 Å². The molecule has 0 saturated heterocycles. The van der Waals surface area contributed by atoms with E-state index in [-0.39, 0.29) is 0 Å². The minimum atomic E-state index is 0.321. The second-order valence-corrected chi connectivity index (χ2v) is 7.88. The number of para-hydroxylation sites is 1. The number of phenolic OH excluding ortho intramolecular Hbond substituents is 1. The first-order valence-electron chi connectivity index (χ1n) is 9.03. The molecule has 0 aliphatic heterocycles. The highest BCUT2D eigenvalue weighted by molar-refractivity contribution is 7.56. The summed E-state index contributed by atoms with van der Waals surface area (Å²) < 4.78 is 0. The fourth-order valence-corrected chi connectivity index (χ4v) is 4.73. The van der Waals surface area contributed by atoms with Crippen molar-refractivity contribution in [3.8, 4) is 28.0 Å². The molecule has 0 aliphatic rings. The van der Waals surface area contributed by atoms with Crippen molar-refractivity contribution in [3.05, 3.63) is 103 Å². The second-order valence-electron chi connectivity index (χ2n) is 6.55. The van der Waals surface area contributed by atoms with Gasteiger partial charge in [0.1, 0.15) is 5.75 Å². The Morgan fingerprint density at radius 1 is 0.519 bits per heavy atom. The summed E-state index contributed by atoms with van der Waals surface area (Å²) in [4.78, 5) is 0. The van der Waals surface area contributed by atoms with Crippen molar-refractivity contribution in [1.82, 2.24) is 0 Å². The van der Waals surface area contributed by atoms with Gasteiger partial charge in [-0.25, -0.2) is 0 Å². The van der Waals surface area contributed by atoms with E-state index in [1.807, 2.05) is 24.3 Å². The van der Waals surface area contributed by atoms with Gasteiger partial charge in [0.05, 0.1) is 0 Å². The molecule has 0 saturated carbocycles. The van der Waals surface area contributed by atoms with Gasteiger partial charge in [0.2, 0.25) is 0 Å². The molecule has 1 unspecified atom stereocenters. The summed E-state index contributed by atoms with van der Waals surface area (Å²) in [6.45, 7) is 2.16. The SMILES string of the molecule is Cc1ccccc1-c1ccccc1Pc1ccccc1-c1ccccc1O. The molecule has 1 nitrogen and oxygen atoms in total. The van der Waals surface area contributed by atoms with Crippen LogP contribution in [-0.2, 0) is 0 Å². The maximum atomic E-state index is 10.3. The Hall–Kier alpha value is -2.89. The van der Waals surface area contributed by atoms with E-state index >= 15 is 0 Å². The van der Waals surface area contributed by atoms with Crippen molar-refractivity contribution < 1.29 is 5.11 Å². The smallest absolute Gasteiger partial charge is 0.123 e. The second kappa shape index (κ2) is 7.78. The van der Waals surface area contributed by atoms with Gasteiger partial charge in [-0.05, 0) is 45.9 Å². The third-order valence-electron chi connectivity index (χ3n) is 4.75. The van der Waals surface area contributed by atoms with E-state index < -0.39 is 0 Å². The lowest BCUT2D eigenvalue weighted by Crippen LogP contribution is -2.09. The Labute approximate surface area is 162 Å². The molecule has 1 atom stereocenters. The highest BCUT2D eigenvalue weighted by atomic mass is 31.1. The summed E-state index contributed by atoms with van der Waals surface area (Å²) in [5.74, 6) is 0.321. The Bertz CT molecular complexity index is 998. The highest BCUT2D eigenvalue weighted by Gasteiger charge is 2.12. The number of benzene rings is 4. The molecule has 27 heavy (non-hydrogen) atoms. The monoisotopic (exact) mass is 368 g/mol. The standard InChI is InChI=1S/C25H21OP/c1-18-10-2-3-11-19(18)21-13-5-8-16-24(21)27-25-17-9-6-14-22(25)20-12-4-7-15-23(20)26/h2-17,26-27H,1H3. The van der Waals surface area contributed by atoms with Crippen LogP contribution in [0.15, 0.2) is 97.1 Å². The summed E-state index contributed by atoms with van der Waals surface area (Å²) in [5.41, 5.74) is 5.81. The Morgan fingerprint density at radius 3 is 1.56 bits per heavy atom. The minimum Gasteiger partial charge on any atom is -0.507 e. The third-order valence-corrected chi connectivity index (χ3v) is 6.16. The van der Waals surface area contributed by atoms with Gasteiger partial charge in [0.25, 0.3) is 0 Å². The molecule has 0 aromatic heterocycles. The fraction of sp³-hybridized carbons (Fsp3) is 0.0400. The zero-order chi connectivity index (χ0) is 18.6. The third kappa shape index (κ3) is 3.65. The molecule has 4 aromatic rings. The number of rotatable bonds is 4. The summed E-state index contributed by atoms with van der Waals surface area (Å²) >= 11 is 0. The summed E-state index contributed by atoms with van der Waals surface area (Å²) in [6, 6.07) is 33.0. The maximum Gasteiger partial charge on any atom is 0.123 e. The first kappa shape index (κ1) is 17.5. The minimum absolute atomic E-state index is 0.321. The quantitative estimate of drug-likeness (QED) is 0.461. The lowest BCUT2D eigenvalue weighted by atomic mass is 10.0. The first-order valence-corrected chi connectivity index (χ1v) is 10.0. The van der Waals surface area contributed by atoms with Crippen LogP contribution in [0.5, 0.6) is 5.75 Å². The molecule has 0 aliphatic carbocycles. The summed E-state index contributed by atoms with van der Waals surface area (Å²) in [6.07, 6.45) is 0. The Kier molecular flexibility index (Phi) is 5.05. The van der Waals surface area contributed by atoms with E-state index in [9.17, 15) is 5.11 Å². The molecule has 1 N–H and O–H groups in total. The van der Waals surface area contributed by atoms with Crippen molar-refractivity contribution >= 4 is 19.2 Å². The van der Waals surface area contributed by atoms with Gasteiger partial charge in [-0.3, -0.25) is 0 Å². The van der Waals surface area contributed by atoms with E-state index in [1.165, 1.54) is 27.3 Å². The van der Waals surface area contributed by atoms with Crippen LogP contribution in [0.2, 0.25) is 0 Å². The number of hydrogen-bond acceptors (Lipinski definition) is 1. The first-order chi connectivity index (χ1) is 13.2. The summed E-state index contributed by atoms with van der Waals surface area (Å²) in [7, 11) is 0.507. The van der Waals surface area contributed by atoms with Crippen LogP contribution < -0.4 is 10.6 Å². The van der Waals surface area contributed by atoms with Gasteiger partial charge in [-0.15, -0.1) is 0 Å². The lowest BCUT2D eigenvalue weighted by molar-refractivity contribution is 0.477. The summed E-state index contributed by atoms with van der Waals surface area (Å²) in [5, 5.41) is 12.9. The van der Waals surface area contributed by atoms with E-state index in [1.54, 1.807) is 6.07 Å². The van der Waals surface area contributed by atoms with Gasteiger partial charge >= 0.3 is 0 Å². The fourth-order valence-electron chi connectivity index (χ4n) is 3.38. The molecule has 2 heteroatoms. The molecular weight excluding hydrogens is 347 g/mol. The van der Waals surface area contributed by atoms with Crippen LogP contribution in [0, 0.1) is 6.92 Å². The van der Waals surface area contributed by atoms with Crippen LogP contribution in [-0.4, -0.2) is 5.11 Å². The number of aryl methyl sites for hydroxylation is 1. The molecular formula is C25H21OP. The number of aromatic hydroxyl groups is 1. The maximum absolute atomic E-state index is 10.3. The van der Waals surface area contributed by atoms with Crippen molar-refractivity contribution in [2.24, 2.45) is 0 Å². The molecule has 132 valence electrons. The molecule has 4 rings (SSSR count). The molecule has 0 fully saturated rings. The molecule has 0 amide bonds. The van der Waals surface area contributed by atoms with Gasteiger partial charge in [0, 0.05) is 5.56 Å². The molecule has 0 spiro atoms. The average molecular weight is 368 g/mol. The predicted molar refractivity (Wildman–Crippen MR) is 118 cm³/mol. The van der Waals surface area contributed by atoms with Gasteiger partial charge in [0.15, 0.2) is 0 Å². The molecule has 0 radical (unpaired) electrons. The largest absolute Gasteiger partial charge is 0.507 e. The molecule has 4 aromatic carbocycles. The van der Waals surface area contributed by atoms with E-state index in [2.05, 4.69) is 73.7 Å².